The Labute approximate surface area is 215 Å². The smallest absolute Gasteiger partial charge is 0.264 e. The first-order valence-electron chi connectivity index (χ1n) is 10.9. The second kappa shape index (κ2) is 9.78. The molecule has 1 aliphatic heterocycles. The zero-order valence-electron chi connectivity index (χ0n) is 18.1. The largest absolute Gasteiger partial charge is 0.367 e. The first-order chi connectivity index (χ1) is 16.5. The SMILES string of the molecule is O=C(Nc1ccc(N2CCN(C(=O)c3cccs3)CC2)c(Cl)c1)c1cccc2c(Br)cccc12. The van der Waals surface area contributed by atoms with Crippen molar-refractivity contribution >= 4 is 72.8 Å². The van der Waals surface area contributed by atoms with Crippen molar-refractivity contribution in [3.63, 3.8) is 0 Å². The summed E-state index contributed by atoms with van der Waals surface area (Å²) < 4.78 is 0.948. The summed E-state index contributed by atoms with van der Waals surface area (Å²) in [5, 5.41) is 7.32. The first-order valence-corrected chi connectivity index (χ1v) is 12.9. The van der Waals surface area contributed by atoms with Gasteiger partial charge in [-0.25, -0.2) is 0 Å². The van der Waals surface area contributed by atoms with Gasteiger partial charge in [0, 0.05) is 41.9 Å². The van der Waals surface area contributed by atoms with Gasteiger partial charge in [0.1, 0.15) is 0 Å². The first kappa shape index (κ1) is 22.9. The minimum absolute atomic E-state index is 0.0827. The Morgan fingerprint density at radius 1 is 0.912 bits per heavy atom. The Kier molecular flexibility index (Phi) is 6.59. The summed E-state index contributed by atoms with van der Waals surface area (Å²) in [6, 6.07) is 20.8. The minimum atomic E-state index is -0.187. The standard InChI is InChI=1S/C26H21BrClN3O2S/c27-21-7-2-4-18-19(21)5-1-6-20(18)25(32)29-17-9-10-23(22(28)16-17)30-11-13-31(14-12-30)26(33)24-8-3-15-34-24/h1-10,15-16H,11-14H2,(H,29,32). The predicted octanol–water partition coefficient (Wildman–Crippen LogP) is 6.53. The van der Waals surface area contributed by atoms with Crippen LogP contribution in [0.5, 0.6) is 0 Å². The summed E-state index contributed by atoms with van der Waals surface area (Å²) in [5.74, 6) is -0.104. The van der Waals surface area contributed by atoms with Crippen LogP contribution in [0.3, 0.4) is 0 Å². The maximum absolute atomic E-state index is 13.0. The Balaban J connectivity index is 1.27. The lowest BCUT2D eigenvalue weighted by molar-refractivity contribution is 0.0751. The van der Waals surface area contributed by atoms with E-state index < -0.39 is 0 Å². The number of benzene rings is 3. The molecule has 0 radical (unpaired) electrons. The lowest BCUT2D eigenvalue weighted by atomic mass is 10.0. The van der Waals surface area contributed by atoms with E-state index in [2.05, 4.69) is 26.1 Å². The van der Waals surface area contributed by atoms with Gasteiger partial charge in [0.2, 0.25) is 0 Å². The van der Waals surface area contributed by atoms with Gasteiger partial charge >= 0.3 is 0 Å². The van der Waals surface area contributed by atoms with E-state index in [0.29, 0.717) is 42.5 Å². The third-order valence-electron chi connectivity index (χ3n) is 5.96. The number of carbonyl (C=O) groups excluding carboxylic acids is 2. The van der Waals surface area contributed by atoms with Crippen molar-refractivity contribution in [2.45, 2.75) is 0 Å². The molecule has 0 unspecified atom stereocenters. The number of carbonyl (C=O) groups is 2. The van der Waals surface area contributed by atoms with E-state index >= 15 is 0 Å². The highest BCUT2D eigenvalue weighted by molar-refractivity contribution is 9.10. The molecule has 0 spiro atoms. The molecule has 3 aromatic carbocycles. The molecule has 172 valence electrons. The van der Waals surface area contributed by atoms with E-state index in [9.17, 15) is 9.59 Å². The second-order valence-corrected chi connectivity index (χ2v) is 10.2. The highest BCUT2D eigenvalue weighted by Crippen LogP contribution is 2.31. The van der Waals surface area contributed by atoms with Crippen molar-refractivity contribution in [2.75, 3.05) is 36.4 Å². The lowest BCUT2D eigenvalue weighted by Crippen LogP contribution is -2.48. The van der Waals surface area contributed by atoms with Gasteiger partial charge in [-0.1, -0.05) is 57.9 Å². The molecule has 1 N–H and O–H groups in total. The molecule has 2 heterocycles. The van der Waals surface area contributed by atoms with Crippen LogP contribution in [-0.2, 0) is 0 Å². The van der Waals surface area contributed by atoms with Gasteiger partial charge in [-0.05, 0) is 52.6 Å². The van der Waals surface area contributed by atoms with Crippen molar-refractivity contribution in [1.82, 2.24) is 4.90 Å². The third kappa shape index (κ3) is 4.56. The minimum Gasteiger partial charge on any atom is -0.367 e. The molecule has 5 nitrogen and oxygen atoms in total. The van der Waals surface area contributed by atoms with E-state index in [0.717, 1.165) is 25.8 Å². The second-order valence-electron chi connectivity index (χ2n) is 8.02. The molecule has 0 aliphatic carbocycles. The number of thiophene rings is 1. The fourth-order valence-corrected chi connectivity index (χ4v) is 5.70. The molecule has 1 aliphatic rings. The lowest BCUT2D eigenvalue weighted by Gasteiger charge is -2.36. The van der Waals surface area contributed by atoms with Crippen LogP contribution < -0.4 is 10.2 Å². The van der Waals surface area contributed by atoms with Crippen LogP contribution in [0.2, 0.25) is 5.02 Å². The Morgan fingerprint density at radius 2 is 1.68 bits per heavy atom. The number of rotatable bonds is 4. The van der Waals surface area contributed by atoms with Crippen LogP contribution in [0, 0.1) is 0 Å². The molecule has 1 saturated heterocycles. The molecule has 0 bridgehead atoms. The van der Waals surface area contributed by atoms with E-state index in [1.54, 1.807) is 6.07 Å². The van der Waals surface area contributed by atoms with Gasteiger partial charge in [0.15, 0.2) is 0 Å². The van der Waals surface area contributed by atoms with Crippen LogP contribution in [0.4, 0.5) is 11.4 Å². The van der Waals surface area contributed by atoms with E-state index in [-0.39, 0.29) is 11.8 Å². The van der Waals surface area contributed by atoms with Crippen molar-refractivity contribution < 1.29 is 9.59 Å². The number of nitrogens with zero attached hydrogens (tertiary/aromatic N) is 2. The van der Waals surface area contributed by atoms with Gasteiger partial charge in [0.25, 0.3) is 11.8 Å². The average Bonchev–Trinajstić information content (AvgIpc) is 3.39. The summed E-state index contributed by atoms with van der Waals surface area (Å²) in [4.78, 5) is 30.4. The molecular weight excluding hydrogens is 534 g/mol. The zero-order valence-corrected chi connectivity index (χ0v) is 21.3. The highest BCUT2D eigenvalue weighted by Gasteiger charge is 2.24. The topological polar surface area (TPSA) is 52.7 Å². The van der Waals surface area contributed by atoms with Crippen LogP contribution in [0.25, 0.3) is 10.8 Å². The predicted molar refractivity (Wildman–Crippen MR) is 143 cm³/mol. The number of piperazine rings is 1. The van der Waals surface area contributed by atoms with Crippen LogP contribution in [0.1, 0.15) is 20.0 Å². The van der Waals surface area contributed by atoms with Gasteiger partial charge in [0.05, 0.1) is 15.6 Å². The Bertz CT molecular complexity index is 1370. The van der Waals surface area contributed by atoms with Crippen molar-refractivity contribution in [1.29, 1.82) is 0 Å². The number of halogens is 2. The molecule has 1 aromatic heterocycles. The molecule has 0 saturated carbocycles. The highest BCUT2D eigenvalue weighted by atomic mass is 79.9. The van der Waals surface area contributed by atoms with Crippen LogP contribution >= 0.6 is 38.9 Å². The monoisotopic (exact) mass is 553 g/mol. The summed E-state index contributed by atoms with van der Waals surface area (Å²) in [7, 11) is 0. The number of nitrogens with one attached hydrogen (secondary N) is 1. The van der Waals surface area contributed by atoms with E-state index in [1.165, 1.54) is 11.3 Å². The van der Waals surface area contributed by atoms with Crippen molar-refractivity contribution in [3.05, 3.63) is 92.0 Å². The van der Waals surface area contributed by atoms with Gasteiger partial charge < -0.3 is 15.1 Å². The zero-order chi connectivity index (χ0) is 23.7. The normalized spacial score (nSPS) is 13.8. The van der Waals surface area contributed by atoms with Gasteiger partial charge in [-0.3, -0.25) is 9.59 Å². The van der Waals surface area contributed by atoms with E-state index in [1.807, 2.05) is 70.9 Å². The molecule has 8 heteroatoms. The summed E-state index contributed by atoms with van der Waals surface area (Å²) in [5.41, 5.74) is 2.14. The Morgan fingerprint density at radius 3 is 2.41 bits per heavy atom. The molecular formula is C26H21BrClN3O2S. The molecule has 34 heavy (non-hydrogen) atoms. The third-order valence-corrected chi connectivity index (χ3v) is 7.81. The average molecular weight is 555 g/mol. The molecule has 2 amide bonds. The van der Waals surface area contributed by atoms with Gasteiger partial charge in [-0.2, -0.15) is 0 Å². The number of anilines is 2. The molecule has 4 aromatic rings. The van der Waals surface area contributed by atoms with E-state index in [4.69, 9.17) is 11.6 Å². The molecule has 0 atom stereocenters. The van der Waals surface area contributed by atoms with Crippen molar-refractivity contribution in [2.24, 2.45) is 0 Å². The Hall–Kier alpha value is -2.87. The number of hydrogen-bond acceptors (Lipinski definition) is 4. The van der Waals surface area contributed by atoms with Crippen LogP contribution in [0.15, 0.2) is 76.6 Å². The fraction of sp³-hybridized carbons (Fsp3) is 0.154. The molecule has 1 fully saturated rings. The number of amides is 2. The maximum Gasteiger partial charge on any atom is 0.264 e. The van der Waals surface area contributed by atoms with Gasteiger partial charge in [-0.15, -0.1) is 11.3 Å². The van der Waals surface area contributed by atoms with Crippen LogP contribution in [-0.4, -0.2) is 42.9 Å². The number of hydrogen-bond donors (Lipinski definition) is 1. The quantitative estimate of drug-likeness (QED) is 0.312. The molecule has 5 rings (SSSR count). The van der Waals surface area contributed by atoms with Crippen molar-refractivity contribution in [3.8, 4) is 0 Å². The fourth-order valence-electron chi connectivity index (χ4n) is 4.22. The summed E-state index contributed by atoms with van der Waals surface area (Å²) in [6.45, 7) is 2.69. The summed E-state index contributed by atoms with van der Waals surface area (Å²) in [6.07, 6.45) is 0. The summed E-state index contributed by atoms with van der Waals surface area (Å²) >= 11 is 11.6. The maximum atomic E-state index is 13.0. The number of fused-ring (bicyclic) bond motifs is 1.